The Labute approximate surface area is 222 Å². The van der Waals surface area contributed by atoms with Crippen LogP contribution >= 0.6 is 11.3 Å². The van der Waals surface area contributed by atoms with E-state index in [-0.39, 0.29) is 48.0 Å². The summed E-state index contributed by atoms with van der Waals surface area (Å²) in [6.07, 6.45) is -4.88. The average molecular weight is 564 g/mol. The summed E-state index contributed by atoms with van der Waals surface area (Å²) in [4.78, 5) is 43.8. The molecule has 8 nitrogen and oxygen atoms in total. The first kappa shape index (κ1) is 27.9. The molecule has 0 aliphatic heterocycles. The highest BCUT2D eigenvalue weighted by molar-refractivity contribution is 7.16. The monoisotopic (exact) mass is 563 g/mol. The van der Waals surface area contributed by atoms with E-state index in [0.29, 0.717) is 23.3 Å². The number of amides is 1. The molecule has 0 saturated heterocycles. The summed E-state index contributed by atoms with van der Waals surface area (Å²) in [6.45, 7) is 1.96. The molecule has 204 valence electrons. The topological polar surface area (TPSA) is 110 Å². The summed E-state index contributed by atoms with van der Waals surface area (Å²) in [5.74, 6) is -2.97. The van der Waals surface area contributed by atoms with E-state index in [1.165, 1.54) is 0 Å². The number of alkyl halides is 3. The van der Waals surface area contributed by atoms with E-state index >= 15 is 0 Å². The molecule has 4 rings (SSSR count). The molecule has 2 heterocycles. The average Bonchev–Trinajstić information content (AvgIpc) is 3.31. The normalized spacial score (nSPS) is 11.5. The zero-order valence-electron chi connectivity index (χ0n) is 20.4. The first-order chi connectivity index (χ1) is 18.6. The smallest absolute Gasteiger partial charge is 0.419 e. The van der Waals surface area contributed by atoms with Gasteiger partial charge in [0, 0.05) is 12.1 Å². The van der Waals surface area contributed by atoms with Crippen LogP contribution in [0.3, 0.4) is 0 Å². The van der Waals surface area contributed by atoms with Crippen LogP contribution in [-0.4, -0.2) is 28.5 Å². The third-order valence-electron chi connectivity index (χ3n) is 5.52. The van der Waals surface area contributed by atoms with Gasteiger partial charge in [0.15, 0.2) is 0 Å². The Morgan fingerprint density at radius 1 is 1.08 bits per heavy atom. The molecule has 0 atom stereocenters. The summed E-state index contributed by atoms with van der Waals surface area (Å²) in [7, 11) is 0. The fourth-order valence-corrected chi connectivity index (χ4v) is 4.54. The van der Waals surface area contributed by atoms with E-state index < -0.39 is 35.0 Å². The van der Waals surface area contributed by atoms with E-state index in [0.717, 1.165) is 23.0 Å². The second kappa shape index (κ2) is 11.7. The van der Waals surface area contributed by atoms with Gasteiger partial charge in [-0.1, -0.05) is 18.2 Å². The summed E-state index contributed by atoms with van der Waals surface area (Å²) >= 11 is 1.13. The first-order valence-corrected chi connectivity index (χ1v) is 12.4. The lowest BCUT2D eigenvalue weighted by atomic mass is 10.1. The number of benzene rings is 2. The van der Waals surface area contributed by atoms with Gasteiger partial charge in [-0.05, 0) is 47.7 Å². The highest BCUT2D eigenvalue weighted by Crippen LogP contribution is 2.32. The minimum atomic E-state index is -4.88. The number of carbonyl (C=O) groups is 2. The Morgan fingerprint density at radius 3 is 2.49 bits per heavy atom. The molecule has 0 unspecified atom stereocenters. The summed E-state index contributed by atoms with van der Waals surface area (Å²) in [6, 6.07) is 9.11. The van der Waals surface area contributed by atoms with Crippen LogP contribution in [0.25, 0.3) is 10.2 Å². The van der Waals surface area contributed by atoms with Crippen molar-refractivity contribution in [1.29, 1.82) is 0 Å². The van der Waals surface area contributed by atoms with Crippen molar-refractivity contribution in [2.75, 3.05) is 6.61 Å². The number of ether oxygens (including phenoxy) is 2. The van der Waals surface area contributed by atoms with E-state index in [2.05, 4.69) is 15.3 Å². The maximum Gasteiger partial charge on any atom is 0.419 e. The second-order valence-electron chi connectivity index (χ2n) is 8.26. The minimum Gasteiger partial charge on any atom is -0.462 e. The van der Waals surface area contributed by atoms with Crippen LogP contribution in [0.5, 0.6) is 0 Å². The zero-order chi connectivity index (χ0) is 28.2. The van der Waals surface area contributed by atoms with E-state index in [1.807, 2.05) is 0 Å². The van der Waals surface area contributed by atoms with Gasteiger partial charge in [0.1, 0.15) is 10.6 Å². The number of nitrogens with one attached hydrogen (secondary N) is 2. The van der Waals surface area contributed by atoms with Gasteiger partial charge < -0.3 is 19.8 Å². The highest BCUT2D eigenvalue weighted by atomic mass is 32.1. The molecule has 2 N–H and O–H groups in total. The van der Waals surface area contributed by atoms with Gasteiger partial charge in [-0.25, -0.2) is 14.2 Å². The number of nitrogens with zero attached hydrogens (tertiary/aromatic N) is 1. The van der Waals surface area contributed by atoms with Crippen molar-refractivity contribution in [1.82, 2.24) is 15.3 Å². The Bertz CT molecular complexity index is 1560. The number of thiophene rings is 1. The minimum absolute atomic E-state index is 0.0200. The third-order valence-corrected chi connectivity index (χ3v) is 6.44. The van der Waals surface area contributed by atoms with E-state index in [9.17, 15) is 31.9 Å². The van der Waals surface area contributed by atoms with Gasteiger partial charge >= 0.3 is 12.1 Å². The predicted molar refractivity (Wildman–Crippen MR) is 134 cm³/mol. The SMILES string of the molecule is CCOC(=O)c1ccc(COCc2csc3nc(C(=O)NCc4ccc(F)c(C(F)(F)F)c4)[nH]c(=O)c23)cc1. The fourth-order valence-electron chi connectivity index (χ4n) is 3.62. The molecule has 4 aromatic rings. The molecule has 1 amide bonds. The van der Waals surface area contributed by atoms with Crippen molar-refractivity contribution in [2.45, 2.75) is 32.9 Å². The van der Waals surface area contributed by atoms with Crippen LogP contribution < -0.4 is 10.9 Å². The summed E-state index contributed by atoms with van der Waals surface area (Å²) in [5, 5.41) is 4.30. The van der Waals surface area contributed by atoms with Crippen molar-refractivity contribution in [3.8, 4) is 0 Å². The van der Waals surface area contributed by atoms with Crippen LogP contribution in [0, 0.1) is 5.82 Å². The predicted octanol–water partition coefficient (Wildman–Crippen LogP) is 4.97. The first-order valence-electron chi connectivity index (χ1n) is 11.5. The van der Waals surface area contributed by atoms with Crippen LogP contribution in [0.2, 0.25) is 0 Å². The molecule has 13 heteroatoms. The molecule has 0 spiro atoms. The van der Waals surface area contributed by atoms with Crippen molar-refractivity contribution in [3.05, 3.63) is 97.7 Å². The number of halogens is 4. The maximum absolute atomic E-state index is 13.5. The molecule has 2 aromatic carbocycles. The Hall–Kier alpha value is -4.10. The van der Waals surface area contributed by atoms with Gasteiger partial charge in [0.05, 0.1) is 36.3 Å². The number of carbonyl (C=O) groups excluding carboxylic acids is 2. The van der Waals surface area contributed by atoms with Crippen LogP contribution in [0.4, 0.5) is 17.6 Å². The van der Waals surface area contributed by atoms with E-state index in [1.54, 1.807) is 36.6 Å². The molecule has 0 radical (unpaired) electrons. The standard InChI is InChI=1S/C26H21F4N3O5S/c1-2-38-25(36)16-6-3-14(4-7-16)11-37-12-17-13-39-24-20(17)22(34)32-21(33-24)23(35)31-10-15-5-8-19(27)18(9-15)26(28,29)30/h3-9,13H,2,10-12H2,1H3,(H,31,35)(H,32,33,34). The molecule has 2 aromatic heterocycles. The van der Waals surface area contributed by atoms with Gasteiger partial charge in [-0.3, -0.25) is 9.59 Å². The van der Waals surface area contributed by atoms with Crippen LogP contribution in [0.15, 0.2) is 52.6 Å². The third kappa shape index (κ3) is 6.67. The Kier molecular flexibility index (Phi) is 8.41. The molecule has 0 fully saturated rings. The fraction of sp³-hybridized carbons (Fsp3) is 0.231. The number of aromatic amines is 1. The van der Waals surface area contributed by atoms with Crippen LogP contribution in [-0.2, 0) is 35.4 Å². The number of rotatable bonds is 9. The van der Waals surface area contributed by atoms with Crippen LogP contribution in [0.1, 0.15) is 50.2 Å². The molecule has 0 bridgehead atoms. The van der Waals surface area contributed by atoms with E-state index in [4.69, 9.17) is 9.47 Å². The number of H-pyrrole nitrogens is 1. The van der Waals surface area contributed by atoms with Crippen molar-refractivity contribution in [3.63, 3.8) is 0 Å². The maximum atomic E-state index is 13.5. The lowest BCUT2D eigenvalue weighted by Crippen LogP contribution is -2.27. The second-order valence-corrected chi connectivity index (χ2v) is 9.12. The van der Waals surface area contributed by atoms with Crippen molar-refractivity contribution < 1.29 is 36.6 Å². The zero-order valence-corrected chi connectivity index (χ0v) is 21.2. The quantitative estimate of drug-likeness (QED) is 0.220. The van der Waals surface area contributed by atoms with Gasteiger partial charge in [-0.15, -0.1) is 11.3 Å². The van der Waals surface area contributed by atoms with Gasteiger partial charge in [0.25, 0.3) is 11.5 Å². The Morgan fingerprint density at radius 2 is 1.79 bits per heavy atom. The summed E-state index contributed by atoms with van der Waals surface area (Å²) in [5.41, 5.74) is -0.215. The number of fused-ring (bicyclic) bond motifs is 1. The lowest BCUT2D eigenvalue weighted by Gasteiger charge is -2.10. The Balaban J connectivity index is 1.39. The molecule has 0 aliphatic carbocycles. The molecule has 39 heavy (non-hydrogen) atoms. The summed E-state index contributed by atoms with van der Waals surface area (Å²) < 4.78 is 62.9. The lowest BCUT2D eigenvalue weighted by molar-refractivity contribution is -0.140. The number of esters is 1. The molecular weight excluding hydrogens is 542 g/mol. The largest absolute Gasteiger partial charge is 0.462 e. The number of hydrogen-bond donors (Lipinski definition) is 2. The number of aromatic nitrogens is 2. The van der Waals surface area contributed by atoms with Gasteiger partial charge in [0.2, 0.25) is 5.82 Å². The molecule has 0 saturated carbocycles. The highest BCUT2D eigenvalue weighted by Gasteiger charge is 2.34. The van der Waals surface area contributed by atoms with Crippen molar-refractivity contribution >= 4 is 33.4 Å². The molecule has 0 aliphatic rings. The van der Waals surface area contributed by atoms with Gasteiger partial charge in [-0.2, -0.15) is 13.2 Å². The molecular formula is C26H21F4N3O5S. The van der Waals surface area contributed by atoms with Crippen molar-refractivity contribution in [2.24, 2.45) is 0 Å². The number of hydrogen-bond acceptors (Lipinski definition) is 7.